The Balaban J connectivity index is 1.65. The lowest BCUT2D eigenvalue weighted by atomic mass is 9.57. The van der Waals surface area contributed by atoms with Crippen LogP contribution in [-0.2, 0) is 4.79 Å². The zero-order valence-electron chi connectivity index (χ0n) is 12.3. The van der Waals surface area contributed by atoms with E-state index in [1.165, 1.54) is 24.8 Å². The fraction of sp³-hybridized carbons (Fsp3) is 0.500. The molecule has 0 amide bonds. The van der Waals surface area contributed by atoms with E-state index in [2.05, 4.69) is 18.2 Å². The predicted octanol–water partition coefficient (Wildman–Crippen LogP) is 3.95. The van der Waals surface area contributed by atoms with Crippen molar-refractivity contribution in [2.45, 2.75) is 51.0 Å². The number of hydrogen-bond donors (Lipinski definition) is 1. The Morgan fingerprint density at radius 1 is 1.24 bits per heavy atom. The molecular weight excluding hydrogens is 264 g/mol. The summed E-state index contributed by atoms with van der Waals surface area (Å²) in [6.07, 6.45) is 8.66. The topological polar surface area (TPSA) is 46.5 Å². The van der Waals surface area contributed by atoms with Crippen molar-refractivity contribution in [2.75, 3.05) is 0 Å². The summed E-state index contributed by atoms with van der Waals surface area (Å²) in [6.45, 7) is 2.01. The molecule has 3 aliphatic rings. The van der Waals surface area contributed by atoms with Gasteiger partial charge in [0.2, 0.25) is 5.60 Å². The molecule has 2 fully saturated rings. The van der Waals surface area contributed by atoms with E-state index in [-0.39, 0.29) is 0 Å². The number of aryl methyl sites for hydroxylation is 1. The fourth-order valence-corrected chi connectivity index (χ4v) is 3.51. The monoisotopic (exact) mass is 284 g/mol. The van der Waals surface area contributed by atoms with Crippen LogP contribution < -0.4 is 4.74 Å². The van der Waals surface area contributed by atoms with Crippen LogP contribution in [-0.4, -0.2) is 16.7 Å². The lowest BCUT2D eigenvalue weighted by molar-refractivity contribution is -0.147. The van der Waals surface area contributed by atoms with Crippen molar-refractivity contribution >= 4 is 11.5 Å². The highest BCUT2D eigenvalue weighted by atomic mass is 16.5. The molecule has 0 aliphatic heterocycles. The maximum atomic E-state index is 11.4. The minimum atomic E-state index is -0.971. The predicted molar refractivity (Wildman–Crippen MR) is 80.3 cm³/mol. The van der Waals surface area contributed by atoms with E-state index >= 15 is 0 Å². The van der Waals surface area contributed by atoms with Gasteiger partial charge in [-0.1, -0.05) is 24.6 Å². The molecule has 0 unspecified atom stereocenters. The molecule has 0 bridgehead atoms. The molecule has 1 aromatic carbocycles. The first-order chi connectivity index (χ1) is 10.0. The van der Waals surface area contributed by atoms with Gasteiger partial charge in [-0.05, 0) is 48.8 Å². The maximum Gasteiger partial charge on any atom is 0.348 e. The van der Waals surface area contributed by atoms with Crippen molar-refractivity contribution in [3.8, 4) is 5.75 Å². The molecule has 1 spiro atoms. The van der Waals surface area contributed by atoms with Crippen molar-refractivity contribution in [3.63, 3.8) is 0 Å². The van der Waals surface area contributed by atoms with Gasteiger partial charge in [-0.15, -0.1) is 0 Å². The zero-order chi connectivity index (χ0) is 14.7. The molecule has 2 saturated carbocycles. The smallest absolute Gasteiger partial charge is 0.348 e. The van der Waals surface area contributed by atoms with E-state index in [1.807, 2.05) is 13.0 Å². The highest BCUT2D eigenvalue weighted by Gasteiger charge is 2.54. The lowest BCUT2D eigenvalue weighted by Gasteiger charge is -2.47. The van der Waals surface area contributed by atoms with Crippen molar-refractivity contribution < 1.29 is 14.6 Å². The summed E-state index contributed by atoms with van der Waals surface area (Å²) in [5.41, 5.74) is 3.01. The lowest BCUT2D eigenvalue weighted by Crippen LogP contribution is -2.34. The number of carbonyl (C=O) groups is 1. The van der Waals surface area contributed by atoms with Gasteiger partial charge in [-0.3, -0.25) is 0 Å². The maximum absolute atomic E-state index is 11.4. The first-order valence-corrected chi connectivity index (χ1v) is 7.77. The Hall–Kier alpha value is -1.77. The molecule has 0 saturated heterocycles. The molecule has 1 aromatic rings. The Bertz CT molecular complexity index is 648. The molecule has 1 N–H and O–H groups in total. The number of ether oxygens (including phenoxy) is 1. The van der Waals surface area contributed by atoms with Gasteiger partial charge >= 0.3 is 5.97 Å². The van der Waals surface area contributed by atoms with Crippen LogP contribution in [0.4, 0.5) is 0 Å². The van der Waals surface area contributed by atoms with Gasteiger partial charge in [0, 0.05) is 18.4 Å². The summed E-state index contributed by atoms with van der Waals surface area (Å²) in [6, 6.07) is 6.14. The second-order valence-corrected chi connectivity index (χ2v) is 6.96. The molecule has 110 valence electrons. The molecule has 0 atom stereocenters. The number of rotatable bonds is 4. The van der Waals surface area contributed by atoms with E-state index in [0.29, 0.717) is 18.3 Å². The van der Waals surface area contributed by atoms with Crippen LogP contribution in [0.3, 0.4) is 0 Å². The largest absolute Gasteiger partial charge is 0.478 e. The van der Waals surface area contributed by atoms with Gasteiger partial charge < -0.3 is 9.84 Å². The Morgan fingerprint density at radius 2 is 1.95 bits per heavy atom. The summed E-state index contributed by atoms with van der Waals surface area (Å²) in [4.78, 5) is 11.4. The van der Waals surface area contributed by atoms with Crippen LogP contribution in [0.15, 0.2) is 24.3 Å². The van der Waals surface area contributed by atoms with E-state index in [9.17, 15) is 9.90 Å². The fourth-order valence-electron chi connectivity index (χ4n) is 3.51. The molecule has 0 heterocycles. The Labute approximate surface area is 124 Å². The zero-order valence-corrected chi connectivity index (χ0v) is 12.3. The highest BCUT2D eigenvalue weighted by molar-refractivity contribution is 5.82. The van der Waals surface area contributed by atoms with Crippen LogP contribution in [0, 0.1) is 12.3 Å². The first-order valence-electron chi connectivity index (χ1n) is 7.77. The molecule has 3 heteroatoms. The van der Waals surface area contributed by atoms with E-state index in [1.54, 1.807) is 0 Å². The van der Waals surface area contributed by atoms with Crippen LogP contribution in [0.1, 0.15) is 49.7 Å². The average Bonchev–Trinajstić information content (AvgIpc) is 3.09. The van der Waals surface area contributed by atoms with Gasteiger partial charge in [-0.2, -0.15) is 0 Å². The summed E-state index contributed by atoms with van der Waals surface area (Å²) in [7, 11) is 0. The number of hydrogen-bond acceptors (Lipinski definition) is 2. The van der Waals surface area contributed by atoms with Gasteiger partial charge in [-0.25, -0.2) is 4.79 Å². The SMILES string of the molecule is Cc1ccc(C2=CC3(CCC3)C2)c(OC2(C(=O)O)CC2)c1. The first kappa shape index (κ1) is 12.9. The Kier molecular flexibility index (Phi) is 2.54. The Morgan fingerprint density at radius 3 is 2.48 bits per heavy atom. The van der Waals surface area contributed by atoms with Crippen LogP contribution in [0.5, 0.6) is 5.75 Å². The third kappa shape index (κ3) is 1.98. The van der Waals surface area contributed by atoms with Gasteiger partial charge in [0.1, 0.15) is 5.75 Å². The highest BCUT2D eigenvalue weighted by Crippen LogP contribution is 2.58. The molecule has 21 heavy (non-hydrogen) atoms. The third-order valence-electron chi connectivity index (χ3n) is 5.25. The third-order valence-corrected chi connectivity index (χ3v) is 5.25. The van der Waals surface area contributed by atoms with Gasteiger partial charge in [0.05, 0.1) is 0 Å². The van der Waals surface area contributed by atoms with E-state index in [4.69, 9.17) is 4.74 Å². The standard InChI is InChI=1S/C18H20O3/c1-12-3-4-14(13-10-17(11-13)5-2-6-17)15(9-12)21-18(7-8-18)16(19)20/h3-4,9-10H,2,5-8,11H2,1H3,(H,19,20). The summed E-state index contributed by atoms with van der Waals surface area (Å²) >= 11 is 0. The van der Waals surface area contributed by atoms with E-state index < -0.39 is 11.6 Å². The minimum Gasteiger partial charge on any atom is -0.478 e. The second kappa shape index (κ2) is 4.12. The van der Waals surface area contributed by atoms with Crippen molar-refractivity contribution in [2.24, 2.45) is 5.41 Å². The van der Waals surface area contributed by atoms with Crippen LogP contribution >= 0.6 is 0 Å². The van der Waals surface area contributed by atoms with Crippen molar-refractivity contribution in [3.05, 3.63) is 35.4 Å². The van der Waals surface area contributed by atoms with Crippen LogP contribution in [0.25, 0.3) is 5.57 Å². The van der Waals surface area contributed by atoms with Gasteiger partial charge in [0.25, 0.3) is 0 Å². The second-order valence-electron chi connectivity index (χ2n) is 6.96. The molecule has 0 radical (unpaired) electrons. The number of carboxylic acids is 1. The number of benzene rings is 1. The molecule has 0 aromatic heterocycles. The summed E-state index contributed by atoms with van der Waals surface area (Å²) in [5.74, 6) is -0.0941. The van der Waals surface area contributed by atoms with E-state index in [0.717, 1.165) is 23.3 Å². The normalized spacial score (nSPS) is 23.8. The van der Waals surface area contributed by atoms with Gasteiger partial charge in [0.15, 0.2) is 0 Å². The van der Waals surface area contributed by atoms with Crippen molar-refractivity contribution in [1.82, 2.24) is 0 Å². The average molecular weight is 284 g/mol. The minimum absolute atomic E-state index is 0.460. The molecular formula is C18H20O3. The quantitative estimate of drug-likeness (QED) is 0.910. The summed E-state index contributed by atoms with van der Waals surface area (Å²) < 4.78 is 5.92. The molecule has 3 nitrogen and oxygen atoms in total. The number of carboxylic acid groups (broad SMARTS) is 1. The van der Waals surface area contributed by atoms with Crippen molar-refractivity contribution in [1.29, 1.82) is 0 Å². The molecule has 4 rings (SSSR count). The number of allylic oxidation sites excluding steroid dienone is 2. The number of aliphatic carboxylic acids is 1. The summed E-state index contributed by atoms with van der Waals surface area (Å²) in [5, 5.41) is 9.33. The van der Waals surface area contributed by atoms with Crippen LogP contribution in [0.2, 0.25) is 0 Å². The molecule has 3 aliphatic carbocycles.